The normalized spacial score (nSPS) is 14.5. The zero-order chi connectivity index (χ0) is 23.0. The second-order valence-corrected chi connectivity index (χ2v) is 8.57. The molecule has 4 rings (SSSR count). The molecule has 0 aliphatic carbocycles. The molecule has 2 aromatic carbocycles. The summed E-state index contributed by atoms with van der Waals surface area (Å²) in [5.41, 5.74) is 1.97. The Hall–Kier alpha value is -3.04. The fraction of sp³-hybridized carbons (Fsp3) is 0.273. The molecule has 3 aromatic rings. The van der Waals surface area contributed by atoms with Gasteiger partial charge in [-0.25, -0.2) is 9.88 Å². The van der Waals surface area contributed by atoms with Crippen LogP contribution in [0, 0.1) is 0 Å². The van der Waals surface area contributed by atoms with Crippen LogP contribution in [0.25, 0.3) is 11.3 Å². The summed E-state index contributed by atoms with van der Waals surface area (Å²) in [6.45, 7) is 3.41. The van der Waals surface area contributed by atoms with Gasteiger partial charge >= 0.3 is 0 Å². The number of aromatic nitrogens is 3. The molecule has 1 aromatic heterocycles. The summed E-state index contributed by atoms with van der Waals surface area (Å²) >= 11 is 8.01. The van der Waals surface area contributed by atoms with Gasteiger partial charge in [0, 0.05) is 18.1 Å². The number of carbonyl (C=O) groups is 1. The number of nitrogens with zero attached hydrogens (tertiary/aromatic N) is 4. The van der Waals surface area contributed by atoms with Crippen LogP contribution >= 0.6 is 23.4 Å². The molecule has 0 radical (unpaired) electrons. The van der Waals surface area contributed by atoms with Crippen LogP contribution in [0.2, 0.25) is 5.02 Å². The van der Waals surface area contributed by atoms with Gasteiger partial charge in [0.1, 0.15) is 0 Å². The van der Waals surface area contributed by atoms with Crippen molar-refractivity contribution in [1.82, 2.24) is 10.1 Å². The number of hydrogen-bond donors (Lipinski definition) is 0. The van der Waals surface area contributed by atoms with E-state index in [0.29, 0.717) is 44.2 Å². The van der Waals surface area contributed by atoms with Gasteiger partial charge in [-0.1, -0.05) is 47.1 Å². The molecular formula is C22H21ClN4O4S. The molecular weight excluding hydrogens is 452 g/mol. The lowest BCUT2D eigenvalue weighted by atomic mass is 10.0. The van der Waals surface area contributed by atoms with Gasteiger partial charge < -0.3 is 14.6 Å². The summed E-state index contributed by atoms with van der Waals surface area (Å²) in [4.78, 5) is 18.6. The second-order valence-electron chi connectivity index (χ2n) is 6.93. The molecule has 0 saturated carbocycles. The number of carbonyl (C=O) groups excluding carboxylic acids is 1. The number of methoxy groups -OCH3 is 2. The van der Waals surface area contributed by atoms with Crippen LogP contribution in [0.4, 0.5) is 5.69 Å². The first-order chi connectivity index (χ1) is 15.4. The van der Waals surface area contributed by atoms with Crippen molar-refractivity contribution in [3.63, 3.8) is 0 Å². The molecule has 0 saturated heterocycles. The van der Waals surface area contributed by atoms with Crippen molar-refractivity contribution in [3.05, 3.63) is 47.0 Å². The molecule has 1 atom stereocenters. The van der Waals surface area contributed by atoms with Gasteiger partial charge in [0.15, 0.2) is 11.5 Å². The molecule has 32 heavy (non-hydrogen) atoms. The molecule has 8 nitrogen and oxygen atoms in total. The van der Waals surface area contributed by atoms with Crippen molar-refractivity contribution in [3.8, 4) is 28.6 Å². The van der Waals surface area contributed by atoms with Crippen LogP contribution in [0.1, 0.15) is 25.6 Å². The lowest BCUT2D eigenvalue weighted by Crippen LogP contribution is -2.58. The molecule has 0 N–H and O–H groups in total. The van der Waals surface area contributed by atoms with Crippen LogP contribution in [0.5, 0.6) is 17.4 Å². The Kier molecular flexibility index (Phi) is 6.12. The van der Waals surface area contributed by atoms with E-state index in [9.17, 15) is 9.90 Å². The number of fused-ring (bicyclic) bond motifs is 3. The summed E-state index contributed by atoms with van der Waals surface area (Å²) in [5, 5.41) is 18.4. The number of amides is 1. The summed E-state index contributed by atoms with van der Waals surface area (Å²) in [6, 6.07) is 10.5. The van der Waals surface area contributed by atoms with Crippen molar-refractivity contribution in [2.75, 3.05) is 24.9 Å². The molecule has 1 aliphatic heterocycles. The first-order valence-electron chi connectivity index (χ1n) is 9.85. The SMILES string of the molecule is CCSc1nc([O-])c2[n+](n1)C(c1cc(OC)c(OC)cc1Cl)N(C(C)=O)c1ccccc1-2. The van der Waals surface area contributed by atoms with Crippen LogP contribution in [0.15, 0.2) is 41.6 Å². The lowest BCUT2D eigenvalue weighted by Gasteiger charge is -2.33. The molecule has 1 amide bonds. The van der Waals surface area contributed by atoms with Crippen molar-refractivity contribution >= 4 is 35.0 Å². The van der Waals surface area contributed by atoms with Gasteiger partial charge in [-0.05, 0) is 24.0 Å². The van der Waals surface area contributed by atoms with E-state index in [-0.39, 0.29) is 11.6 Å². The summed E-state index contributed by atoms with van der Waals surface area (Å²) in [5.74, 6) is 0.922. The molecule has 10 heteroatoms. The van der Waals surface area contributed by atoms with Crippen LogP contribution in [0.3, 0.4) is 0 Å². The fourth-order valence-corrected chi connectivity index (χ4v) is 4.62. The van der Waals surface area contributed by atoms with Gasteiger partial charge in [-0.3, -0.25) is 4.79 Å². The number of halogens is 1. The average Bonchev–Trinajstić information content (AvgIpc) is 2.77. The predicted octanol–water partition coefficient (Wildman–Crippen LogP) is 3.20. The van der Waals surface area contributed by atoms with Gasteiger partial charge in [-0.2, -0.15) is 0 Å². The van der Waals surface area contributed by atoms with Gasteiger partial charge in [-0.15, -0.1) is 0 Å². The van der Waals surface area contributed by atoms with Gasteiger partial charge in [0.25, 0.3) is 17.0 Å². The highest BCUT2D eigenvalue weighted by Crippen LogP contribution is 2.44. The zero-order valence-electron chi connectivity index (χ0n) is 18.0. The number of anilines is 1. The Labute approximate surface area is 194 Å². The smallest absolute Gasteiger partial charge is 0.294 e. The number of para-hydroxylation sites is 1. The van der Waals surface area contributed by atoms with Crippen molar-refractivity contribution < 1.29 is 24.1 Å². The molecule has 0 bridgehead atoms. The first-order valence-corrected chi connectivity index (χ1v) is 11.2. The highest BCUT2D eigenvalue weighted by molar-refractivity contribution is 7.99. The minimum absolute atomic E-state index is 0.234. The third-order valence-electron chi connectivity index (χ3n) is 5.11. The van der Waals surface area contributed by atoms with Crippen LogP contribution in [-0.4, -0.2) is 36.0 Å². The molecule has 166 valence electrons. The summed E-state index contributed by atoms with van der Waals surface area (Å²) in [6.07, 6.45) is -0.823. The standard InChI is InChI=1S/C22H21ClN4O4S/c1-5-32-22-24-20(29)19-13-8-6-7-9-16(13)26(12(2)28)21(27(19)25-22)14-10-17(30-3)18(31-4)11-15(14)23/h6-11,21H,5H2,1-4H3. The number of thioether (sulfide) groups is 1. The molecule has 0 fully saturated rings. The number of rotatable bonds is 5. The number of benzene rings is 2. The summed E-state index contributed by atoms with van der Waals surface area (Å²) in [7, 11) is 3.03. The van der Waals surface area contributed by atoms with E-state index in [1.165, 1.54) is 37.6 Å². The van der Waals surface area contributed by atoms with Crippen molar-refractivity contribution in [2.24, 2.45) is 0 Å². The number of ether oxygens (including phenoxy) is 2. The molecule has 0 spiro atoms. The summed E-state index contributed by atoms with van der Waals surface area (Å²) < 4.78 is 12.4. The average molecular weight is 473 g/mol. The highest BCUT2D eigenvalue weighted by atomic mass is 35.5. The quantitative estimate of drug-likeness (QED) is 0.416. The maximum Gasteiger partial charge on any atom is 0.294 e. The minimum atomic E-state index is -0.823. The fourth-order valence-electron chi connectivity index (χ4n) is 3.81. The van der Waals surface area contributed by atoms with E-state index in [4.69, 9.17) is 21.1 Å². The predicted molar refractivity (Wildman–Crippen MR) is 119 cm³/mol. The minimum Gasteiger partial charge on any atom is -0.854 e. The first kappa shape index (κ1) is 22.2. The van der Waals surface area contributed by atoms with E-state index in [2.05, 4.69) is 10.1 Å². The van der Waals surface area contributed by atoms with E-state index in [1.54, 1.807) is 35.2 Å². The largest absolute Gasteiger partial charge is 0.854 e. The molecule has 1 aliphatic rings. The van der Waals surface area contributed by atoms with Crippen LogP contribution < -0.4 is 24.2 Å². The van der Waals surface area contributed by atoms with Crippen molar-refractivity contribution in [1.29, 1.82) is 0 Å². The van der Waals surface area contributed by atoms with Gasteiger partial charge in [0.05, 0.1) is 41.9 Å². The Morgan fingerprint density at radius 2 is 1.94 bits per heavy atom. The highest BCUT2D eigenvalue weighted by Gasteiger charge is 2.45. The third kappa shape index (κ3) is 3.61. The lowest BCUT2D eigenvalue weighted by molar-refractivity contribution is -0.764. The maximum atomic E-state index is 13.1. The van der Waals surface area contributed by atoms with E-state index >= 15 is 0 Å². The van der Waals surface area contributed by atoms with Gasteiger partial charge in [0.2, 0.25) is 5.91 Å². The Balaban J connectivity index is 2.07. The second kappa shape index (κ2) is 8.84. The molecule has 2 heterocycles. The number of hydrogen-bond acceptors (Lipinski definition) is 7. The monoisotopic (exact) mass is 472 g/mol. The van der Waals surface area contributed by atoms with Crippen LogP contribution in [-0.2, 0) is 4.79 Å². The third-order valence-corrected chi connectivity index (χ3v) is 6.16. The Morgan fingerprint density at radius 1 is 1.25 bits per heavy atom. The van der Waals surface area contributed by atoms with E-state index in [0.717, 1.165) is 0 Å². The Morgan fingerprint density at radius 3 is 2.59 bits per heavy atom. The maximum absolute atomic E-state index is 13.1. The zero-order valence-corrected chi connectivity index (χ0v) is 19.5. The topological polar surface area (TPSA) is 91.5 Å². The van der Waals surface area contributed by atoms with E-state index < -0.39 is 12.0 Å². The van der Waals surface area contributed by atoms with Crippen molar-refractivity contribution in [2.45, 2.75) is 25.2 Å². The molecule has 1 unspecified atom stereocenters. The Bertz CT molecular complexity index is 1210. The van der Waals surface area contributed by atoms with E-state index in [1.807, 2.05) is 13.0 Å².